The number of aromatic nitrogens is 3. The largest absolute Gasteiger partial charge is 0.486 e. The molecule has 0 saturated heterocycles. The lowest BCUT2D eigenvalue weighted by Crippen LogP contribution is -2.24. The average molecular weight is 459 g/mol. The van der Waals surface area contributed by atoms with Crippen LogP contribution in [0.1, 0.15) is 22.5 Å². The summed E-state index contributed by atoms with van der Waals surface area (Å²) in [5.74, 6) is 1.71. The highest BCUT2D eigenvalue weighted by atomic mass is 32.2. The van der Waals surface area contributed by atoms with Crippen molar-refractivity contribution in [3.8, 4) is 5.75 Å². The Morgan fingerprint density at radius 2 is 1.58 bits per heavy atom. The second kappa shape index (κ2) is 11.3. The molecule has 3 aromatic carbocycles. The van der Waals surface area contributed by atoms with Gasteiger partial charge in [0.25, 0.3) is 0 Å². The quantitative estimate of drug-likeness (QED) is 0.351. The van der Waals surface area contributed by atoms with Gasteiger partial charge in [0.1, 0.15) is 12.4 Å². The number of hydrogen-bond donors (Lipinski definition) is 1. The summed E-state index contributed by atoms with van der Waals surface area (Å²) >= 11 is 1.38. The molecule has 0 aliphatic heterocycles. The first-order chi connectivity index (χ1) is 16.2. The summed E-state index contributed by atoms with van der Waals surface area (Å²) in [7, 11) is 0. The van der Waals surface area contributed by atoms with Crippen molar-refractivity contribution in [2.45, 2.75) is 31.8 Å². The fraction of sp³-hybridized carbons (Fsp3) is 0.192. The van der Waals surface area contributed by atoms with Gasteiger partial charge in [-0.2, -0.15) is 0 Å². The van der Waals surface area contributed by atoms with Crippen LogP contribution in [0.15, 0.2) is 90.1 Å². The first-order valence-corrected chi connectivity index (χ1v) is 11.7. The lowest BCUT2D eigenvalue weighted by atomic mass is 10.2. The van der Waals surface area contributed by atoms with Crippen LogP contribution in [0.3, 0.4) is 0 Å². The molecule has 0 bridgehead atoms. The molecule has 0 radical (unpaired) electrons. The van der Waals surface area contributed by atoms with Crippen LogP contribution in [0.2, 0.25) is 0 Å². The van der Waals surface area contributed by atoms with Crippen LogP contribution in [0, 0.1) is 6.92 Å². The van der Waals surface area contributed by atoms with E-state index in [1.165, 1.54) is 17.3 Å². The van der Waals surface area contributed by atoms with Crippen LogP contribution in [-0.2, 0) is 24.5 Å². The van der Waals surface area contributed by atoms with Crippen LogP contribution in [0.25, 0.3) is 0 Å². The summed E-state index contributed by atoms with van der Waals surface area (Å²) in [6, 6.07) is 27.9. The number of ether oxygens (including phenoxy) is 1. The third kappa shape index (κ3) is 6.70. The summed E-state index contributed by atoms with van der Waals surface area (Å²) in [4.78, 5) is 12.4. The summed E-state index contributed by atoms with van der Waals surface area (Å²) in [6.07, 6.45) is 0. The molecule has 0 fully saturated rings. The number of rotatable bonds is 10. The topological polar surface area (TPSA) is 69.0 Å². The Balaban J connectivity index is 1.42. The van der Waals surface area contributed by atoms with Crippen LogP contribution < -0.4 is 10.1 Å². The van der Waals surface area contributed by atoms with Gasteiger partial charge in [-0.3, -0.25) is 9.36 Å². The van der Waals surface area contributed by atoms with E-state index in [4.69, 9.17) is 4.74 Å². The summed E-state index contributed by atoms with van der Waals surface area (Å²) in [6.45, 7) is 3.45. The predicted octanol–water partition coefficient (Wildman–Crippen LogP) is 4.62. The Labute approximate surface area is 198 Å². The van der Waals surface area contributed by atoms with Crippen molar-refractivity contribution in [2.24, 2.45) is 0 Å². The summed E-state index contributed by atoms with van der Waals surface area (Å²) < 4.78 is 7.95. The molecule has 1 aromatic heterocycles. The molecule has 1 heterocycles. The number of carbonyl (C=O) groups excluding carboxylic acids is 1. The zero-order valence-corrected chi connectivity index (χ0v) is 19.3. The number of nitrogens with zero attached hydrogens (tertiary/aromatic N) is 3. The van der Waals surface area contributed by atoms with Crippen LogP contribution in [-0.4, -0.2) is 26.4 Å². The highest BCUT2D eigenvalue weighted by Gasteiger charge is 2.15. The minimum absolute atomic E-state index is 0.0458. The SMILES string of the molecule is Cc1ccc(OCc2nnc(SCC(=O)NCc3ccccc3)n2Cc2ccccc2)cc1. The zero-order valence-electron chi connectivity index (χ0n) is 18.5. The second-order valence-electron chi connectivity index (χ2n) is 7.62. The monoisotopic (exact) mass is 458 g/mol. The molecule has 168 valence electrons. The van der Waals surface area contributed by atoms with Gasteiger partial charge in [-0.25, -0.2) is 0 Å². The third-order valence-corrected chi connectivity index (χ3v) is 6.00. The van der Waals surface area contributed by atoms with Crippen molar-refractivity contribution in [3.05, 3.63) is 107 Å². The molecule has 1 amide bonds. The lowest BCUT2D eigenvalue weighted by Gasteiger charge is -2.11. The highest BCUT2D eigenvalue weighted by Crippen LogP contribution is 2.20. The average Bonchev–Trinajstić information content (AvgIpc) is 3.23. The molecule has 0 aliphatic carbocycles. The van der Waals surface area contributed by atoms with Crippen molar-refractivity contribution in [3.63, 3.8) is 0 Å². The van der Waals surface area contributed by atoms with E-state index in [0.29, 0.717) is 30.7 Å². The standard InChI is InChI=1S/C26H26N4O2S/c1-20-12-14-23(15-13-20)32-18-24-28-29-26(30(24)17-22-10-6-3-7-11-22)33-19-25(31)27-16-21-8-4-2-5-9-21/h2-15H,16-19H2,1H3,(H,27,31). The van der Waals surface area contributed by atoms with Gasteiger partial charge in [0.2, 0.25) is 5.91 Å². The minimum atomic E-state index is -0.0458. The molecule has 1 N–H and O–H groups in total. The van der Waals surface area contributed by atoms with E-state index in [9.17, 15) is 4.79 Å². The second-order valence-corrected chi connectivity index (χ2v) is 8.57. The normalized spacial score (nSPS) is 10.7. The van der Waals surface area contributed by atoms with Gasteiger partial charge in [0.05, 0.1) is 12.3 Å². The molecular weight excluding hydrogens is 432 g/mol. The van der Waals surface area contributed by atoms with Gasteiger partial charge >= 0.3 is 0 Å². The molecular formula is C26H26N4O2S. The van der Waals surface area contributed by atoms with Crippen molar-refractivity contribution in [2.75, 3.05) is 5.75 Å². The molecule has 0 spiro atoms. The zero-order chi connectivity index (χ0) is 22.9. The summed E-state index contributed by atoms with van der Waals surface area (Å²) in [5.41, 5.74) is 3.38. The number of amides is 1. The van der Waals surface area contributed by atoms with Gasteiger partial charge in [0.15, 0.2) is 11.0 Å². The number of thioether (sulfide) groups is 1. The van der Waals surface area contributed by atoms with Crippen LogP contribution >= 0.6 is 11.8 Å². The number of nitrogens with one attached hydrogen (secondary N) is 1. The van der Waals surface area contributed by atoms with Gasteiger partial charge in [-0.05, 0) is 30.2 Å². The molecule has 33 heavy (non-hydrogen) atoms. The molecule has 0 aliphatic rings. The van der Waals surface area contributed by atoms with E-state index in [2.05, 4.69) is 27.6 Å². The van der Waals surface area contributed by atoms with Gasteiger partial charge in [-0.15, -0.1) is 10.2 Å². The molecule has 0 atom stereocenters. The molecule has 4 rings (SSSR count). The van der Waals surface area contributed by atoms with Crippen molar-refractivity contribution < 1.29 is 9.53 Å². The molecule has 6 nitrogen and oxygen atoms in total. The Morgan fingerprint density at radius 1 is 0.909 bits per heavy atom. The van der Waals surface area contributed by atoms with Crippen molar-refractivity contribution in [1.29, 1.82) is 0 Å². The molecule has 0 saturated carbocycles. The fourth-order valence-corrected chi connectivity index (χ4v) is 4.00. The number of benzene rings is 3. The van der Waals surface area contributed by atoms with Gasteiger partial charge in [-0.1, -0.05) is 90.1 Å². The smallest absolute Gasteiger partial charge is 0.230 e. The minimum Gasteiger partial charge on any atom is -0.486 e. The number of carbonyl (C=O) groups is 1. The third-order valence-electron chi connectivity index (χ3n) is 5.03. The molecule has 0 unspecified atom stereocenters. The van der Waals surface area contributed by atoms with E-state index >= 15 is 0 Å². The van der Waals surface area contributed by atoms with E-state index < -0.39 is 0 Å². The maximum Gasteiger partial charge on any atom is 0.230 e. The first kappa shape index (κ1) is 22.6. The Morgan fingerprint density at radius 3 is 2.27 bits per heavy atom. The van der Waals surface area contributed by atoms with E-state index in [1.54, 1.807) is 0 Å². The van der Waals surface area contributed by atoms with E-state index in [0.717, 1.165) is 16.9 Å². The Bertz CT molecular complexity index is 1160. The summed E-state index contributed by atoms with van der Waals surface area (Å²) in [5, 5.41) is 12.3. The Kier molecular flexibility index (Phi) is 7.76. The maximum absolute atomic E-state index is 12.4. The predicted molar refractivity (Wildman–Crippen MR) is 130 cm³/mol. The first-order valence-electron chi connectivity index (χ1n) is 10.8. The van der Waals surface area contributed by atoms with Gasteiger partial charge in [0, 0.05) is 6.54 Å². The lowest BCUT2D eigenvalue weighted by molar-refractivity contribution is -0.118. The van der Waals surface area contributed by atoms with Gasteiger partial charge < -0.3 is 10.1 Å². The van der Waals surface area contributed by atoms with Crippen molar-refractivity contribution >= 4 is 17.7 Å². The van der Waals surface area contributed by atoms with Crippen molar-refractivity contribution in [1.82, 2.24) is 20.1 Å². The maximum atomic E-state index is 12.4. The number of hydrogen-bond acceptors (Lipinski definition) is 5. The molecule has 7 heteroatoms. The van der Waals surface area contributed by atoms with Crippen LogP contribution in [0.5, 0.6) is 5.75 Å². The highest BCUT2D eigenvalue weighted by molar-refractivity contribution is 7.99. The molecule has 4 aromatic rings. The van der Waals surface area contributed by atoms with E-state index in [-0.39, 0.29) is 11.7 Å². The Hall–Kier alpha value is -3.58. The number of aryl methyl sites for hydroxylation is 1. The fourth-order valence-electron chi connectivity index (χ4n) is 3.22. The van der Waals surface area contributed by atoms with E-state index in [1.807, 2.05) is 84.3 Å². The van der Waals surface area contributed by atoms with Crippen LogP contribution in [0.4, 0.5) is 0 Å².